The molecule has 1 aliphatic carbocycles. The van der Waals surface area contributed by atoms with Gasteiger partial charge in [-0.3, -0.25) is 0 Å². The van der Waals surface area contributed by atoms with Crippen LogP contribution in [0.15, 0.2) is 66.8 Å². The van der Waals surface area contributed by atoms with Crippen molar-refractivity contribution < 1.29 is 50.7 Å². The quantitative estimate of drug-likeness (QED) is 0.319. The van der Waals surface area contributed by atoms with Crippen LogP contribution in [0.5, 0.6) is 0 Å². The zero-order chi connectivity index (χ0) is 14.7. The van der Waals surface area contributed by atoms with Crippen LogP contribution in [0.25, 0.3) is 27.1 Å². The maximum atomic E-state index is 2.32. The first-order valence-electron chi connectivity index (χ1n) is 7.52. The van der Waals surface area contributed by atoms with Crippen LogP contribution in [0.2, 0.25) is 0 Å². The molecule has 1 aliphatic rings. The third-order valence-electron chi connectivity index (χ3n) is 3.77. The van der Waals surface area contributed by atoms with Gasteiger partial charge in [-0.05, 0) is 6.42 Å². The van der Waals surface area contributed by atoms with E-state index in [1.165, 1.54) is 32.7 Å². The number of hydrogen-bond donors (Lipinski definition) is 0. The minimum atomic E-state index is 0. The summed E-state index contributed by atoms with van der Waals surface area (Å²) >= 11 is 0. The van der Waals surface area contributed by atoms with Crippen LogP contribution in [-0.2, 0) is 25.8 Å². The van der Waals surface area contributed by atoms with E-state index in [0.717, 1.165) is 6.42 Å². The summed E-state index contributed by atoms with van der Waals surface area (Å²) in [5.74, 6) is 0. The van der Waals surface area contributed by atoms with Crippen molar-refractivity contribution >= 4 is 27.1 Å². The summed E-state index contributed by atoms with van der Waals surface area (Å²) < 4.78 is 0. The second kappa shape index (κ2) is 11.0. The SMILES string of the molecule is C1=CCC(c2cccc3c2[cH-]c2ccccc23)=C1.C[CH-]C.[Cl-].[Cl-].[Hf+4]. The molecule has 0 fully saturated rings. The van der Waals surface area contributed by atoms with E-state index in [0.29, 0.717) is 0 Å². The molecule has 0 N–H and O–H groups in total. The monoisotopic (exact) mass is 522 g/mol. The molecule has 24 heavy (non-hydrogen) atoms. The second-order valence-electron chi connectivity index (χ2n) is 5.40. The van der Waals surface area contributed by atoms with Gasteiger partial charge in [0.2, 0.25) is 0 Å². The van der Waals surface area contributed by atoms with E-state index in [1.54, 1.807) is 0 Å². The zero-order valence-electron chi connectivity index (χ0n) is 13.9. The number of benzene rings is 2. The van der Waals surface area contributed by atoms with Crippen molar-refractivity contribution in [2.24, 2.45) is 0 Å². The molecule has 3 aromatic rings. The predicted octanol–water partition coefficient (Wildman–Crippen LogP) is 0.291. The Morgan fingerprint density at radius 1 is 0.917 bits per heavy atom. The van der Waals surface area contributed by atoms with Crippen LogP contribution in [0.4, 0.5) is 0 Å². The minimum Gasteiger partial charge on any atom is -1.00 e. The van der Waals surface area contributed by atoms with E-state index in [-0.39, 0.29) is 50.7 Å². The molecule has 0 amide bonds. The van der Waals surface area contributed by atoms with Crippen LogP contribution >= 0.6 is 0 Å². The van der Waals surface area contributed by atoms with Crippen molar-refractivity contribution in [3.63, 3.8) is 0 Å². The average molecular weight is 522 g/mol. The van der Waals surface area contributed by atoms with Gasteiger partial charge in [0.1, 0.15) is 0 Å². The van der Waals surface area contributed by atoms with Gasteiger partial charge in [0, 0.05) is 0 Å². The van der Waals surface area contributed by atoms with Gasteiger partial charge < -0.3 is 31.2 Å². The molecular weight excluding hydrogens is 502 g/mol. The molecule has 3 aromatic carbocycles. The molecule has 0 bridgehead atoms. The number of hydrogen-bond acceptors (Lipinski definition) is 0. The van der Waals surface area contributed by atoms with Crippen molar-refractivity contribution in [1.29, 1.82) is 0 Å². The molecule has 4 rings (SSSR count). The first-order valence-corrected chi connectivity index (χ1v) is 7.52. The first-order chi connectivity index (χ1) is 10.3. The number of rotatable bonds is 1. The van der Waals surface area contributed by atoms with Gasteiger partial charge in [-0.2, -0.15) is 13.8 Å². The van der Waals surface area contributed by atoms with Gasteiger partial charge in [-0.15, -0.1) is 33.7 Å². The summed E-state index contributed by atoms with van der Waals surface area (Å²) in [6.45, 7) is 4.00. The third-order valence-corrected chi connectivity index (χ3v) is 3.77. The Hall–Kier alpha value is -0.760. The Balaban J connectivity index is 0.000000827. The minimum absolute atomic E-state index is 0. The zero-order valence-corrected chi connectivity index (χ0v) is 19.0. The molecular formula is C21H20Cl2Hf. The smallest absolute Gasteiger partial charge is 1.00 e. The Morgan fingerprint density at radius 2 is 1.58 bits per heavy atom. The Morgan fingerprint density at radius 3 is 2.25 bits per heavy atom. The largest absolute Gasteiger partial charge is 4.00 e. The van der Waals surface area contributed by atoms with E-state index in [1.807, 2.05) is 20.3 Å². The second-order valence-corrected chi connectivity index (χ2v) is 5.40. The number of allylic oxidation sites excluding steroid dienone is 4. The molecule has 0 heterocycles. The predicted molar refractivity (Wildman–Crippen MR) is 94.4 cm³/mol. The van der Waals surface area contributed by atoms with Crippen molar-refractivity contribution in [3.8, 4) is 0 Å². The van der Waals surface area contributed by atoms with Crippen LogP contribution in [0, 0.1) is 6.42 Å². The van der Waals surface area contributed by atoms with Gasteiger partial charge in [0.05, 0.1) is 0 Å². The summed E-state index contributed by atoms with van der Waals surface area (Å²) in [6, 6.07) is 17.6. The van der Waals surface area contributed by atoms with E-state index in [2.05, 4.69) is 66.8 Å². The molecule has 0 aliphatic heterocycles. The average Bonchev–Trinajstić information content (AvgIpc) is 3.15. The van der Waals surface area contributed by atoms with E-state index in [4.69, 9.17) is 0 Å². The molecule has 122 valence electrons. The van der Waals surface area contributed by atoms with E-state index < -0.39 is 0 Å². The van der Waals surface area contributed by atoms with Gasteiger partial charge >= 0.3 is 25.8 Å². The number of fused-ring (bicyclic) bond motifs is 3. The van der Waals surface area contributed by atoms with Crippen LogP contribution in [0.1, 0.15) is 25.8 Å². The van der Waals surface area contributed by atoms with Crippen LogP contribution in [0.3, 0.4) is 0 Å². The topological polar surface area (TPSA) is 0 Å². The number of halogens is 2. The molecule has 0 saturated heterocycles. The van der Waals surface area contributed by atoms with E-state index >= 15 is 0 Å². The molecule has 0 unspecified atom stereocenters. The van der Waals surface area contributed by atoms with Crippen LogP contribution < -0.4 is 24.8 Å². The molecule has 0 aromatic heterocycles. The molecule has 0 radical (unpaired) electrons. The maximum Gasteiger partial charge on any atom is 4.00 e. The summed E-state index contributed by atoms with van der Waals surface area (Å²) in [5.41, 5.74) is 2.81. The molecule has 0 atom stereocenters. The molecule has 0 saturated carbocycles. The van der Waals surface area contributed by atoms with E-state index in [9.17, 15) is 0 Å². The Bertz CT molecular complexity index is 828. The van der Waals surface area contributed by atoms with Crippen molar-refractivity contribution in [1.82, 2.24) is 0 Å². The third kappa shape index (κ3) is 4.65. The summed E-state index contributed by atoms with van der Waals surface area (Å²) in [5, 5.41) is 5.46. The summed E-state index contributed by atoms with van der Waals surface area (Å²) in [4.78, 5) is 0. The summed E-state index contributed by atoms with van der Waals surface area (Å²) in [6.07, 6.45) is 9.65. The van der Waals surface area contributed by atoms with Gasteiger partial charge in [0.25, 0.3) is 0 Å². The van der Waals surface area contributed by atoms with Gasteiger partial charge in [-0.1, -0.05) is 65.8 Å². The molecule has 0 spiro atoms. The molecule has 3 heteroatoms. The van der Waals surface area contributed by atoms with Crippen molar-refractivity contribution in [3.05, 3.63) is 78.7 Å². The van der Waals surface area contributed by atoms with Crippen molar-refractivity contribution in [2.45, 2.75) is 20.3 Å². The van der Waals surface area contributed by atoms with Crippen LogP contribution in [-0.4, -0.2) is 0 Å². The molecule has 0 nitrogen and oxygen atoms in total. The van der Waals surface area contributed by atoms with Gasteiger partial charge in [-0.25, -0.2) is 0 Å². The van der Waals surface area contributed by atoms with Crippen molar-refractivity contribution in [2.75, 3.05) is 0 Å². The van der Waals surface area contributed by atoms with Gasteiger partial charge in [0.15, 0.2) is 0 Å². The Labute approximate surface area is 176 Å². The standard InChI is InChI=1S/C18H13.C3H7.2ClH.Hf/c1-2-7-13(6-1)15-10-5-11-17-16-9-4-3-8-14(16)12-18(15)17;1-3-2;;;/h1-6,8-12H,7H2;3H,1-2H3;2*1H;/q2*-1;;;+4/p-2. The summed E-state index contributed by atoms with van der Waals surface area (Å²) in [7, 11) is 0. The fourth-order valence-electron chi connectivity index (χ4n) is 2.91. The fraction of sp³-hybridized carbons (Fsp3) is 0.143. The normalized spacial score (nSPS) is 11.7. The fourth-order valence-corrected chi connectivity index (χ4v) is 2.91. The first kappa shape index (κ1) is 23.2. The Kier molecular flexibility index (Phi) is 10.6. The maximum absolute atomic E-state index is 2.32.